The number of nitrogens with two attached hydrogens (primary N) is 1. The first-order chi connectivity index (χ1) is 9.35. The highest BCUT2D eigenvalue weighted by molar-refractivity contribution is 7.88. The molecule has 112 valence electrons. The van der Waals surface area contributed by atoms with Crippen LogP contribution in [-0.2, 0) is 25.3 Å². The number of sulfonamides is 1. The Kier molecular flexibility index (Phi) is 5.97. The Balaban J connectivity index is 2.57. The third-order valence-electron chi connectivity index (χ3n) is 2.86. The summed E-state index contributed by atoms with van der Waals surface area (Å²) < 4.78 is 30.0. The van der Waals surface area contributed by atoms with Crippen molar-refractivity contribution in [1.29, 1.82) is 0 Å². The van der Waals surface area contributed by atoms with E-state index in [0.717, 1.165) is 0 Å². The molecule has 0 aliphatic heterocycles. The van der Waals surface area contributed by atoms with Crippen molar-refractivity contribution in [3.05, 3.63) is 29.8 Å². The van der Waals surface area contributed by atoms with Gasteiger partial charge in [0.1, 0.15) is 0 Å². The van der Waals surface area contributed by atoms with E-state index < -0.39 is 10.0 Å². The van der Waals surface area contributed by atoms with Crippen LogP contribution in [0.5, 0.6) is 0 Å². The van der Waals surface area contributed by atoms with E-state index in [1.165, 1.54) is 18.5 Å². The van der Waals surface area contributed by atoms with Crippen LogP contribution in [0.4, 0.5) is 5.69 Å². The maximum absolute atomic E-state index is 12.1. The highest BCUT2D eigenvalue weighted by Gasteiger charge is 2.18. The molecule has 0 aliphatic rings. The number of nitrogen functional groups attached to an aromatic ring is 1. The van der Waals surface area contributed by atoms with Crippen molar-refractivity contribution >= 4 is 21.7 Å². The first-order valence-electron chi connectivity index (χ1n) is 6.20. The van der Waals surface area contributed by atoms with E-state index in [4.69, 9.17) is 5.73 Å². The average molecular weight is 300 g/mol. The van der Waals surface area contributed by atoms with Crippen LogP contribution < -0.4 is 5.73 Å². The topological polar surface area (TPSA) is 89.7 Å². The van der Waals surface area contributed by atoms with Gasteiger partial charge in [0.05, 0.1) is 12.9 Å². The second kappa shape index (κ2) is 7.25. The summed E-state index contributed by atoms with van der Waals surface area (Å²) in [4.78, 5) is 11.0. The number of rotatable bonds is 7. The van der Waals surface area contributed by atoms with Crippen LogP contribution in [-0.4, -0.2) is 39.4 Å². The van der Waals surface area contributed by atoms with Crippen LogP contribution in [0.3, 0.4) is 0 Å². The highest BCUT2D eigenvalue weighted by atomic mass is 32.2. The van der Waals surface area contributed by atoms with Gasteiger partial charge < -0.3 is 10.5 Å². The monoisotopic (exact) mass is 300 g/mol. The Labute approximate surface area is 119 Å². The van der Waals surface area contributed by atoms with Gasteiger partial charge in [0.15, 0.2) is 0 Å². The zero-order valence-electron chi connectivity index (χ0n) is 11.7. The molecular weight excluding hydrogens is 280 g/mol. The molecule has 0 atom stereocenters. The summed E-state index contributed by atoms with van der Waals surface area (Å²) in [5.41, 5.74) is 6.80. The first kappa shape index (κ1) is 16.5. The van der Waals surface area contributed by atoms with E-state index in [9.17, 15) is 13.2 Å². The minimum Gasteiger partial charge on any atom is -0.469 e. The molecule has 0 aromatic heterocycles. The summed E-state index contributed by atoms with van der Waals surface area (Å²) in [7, 11) is -0.602. The van der Waals surface area contributed by atoms with Crippen LogP contribution in [0, 0.1) is 0 Å². The number of nitrogens with zero attached hydrogens (tertiary/aromatic N) is 1. The number of hydrogen-bond donors (Lipinski definition) is 1. The number of esters is 1. The number of carbonyl (C=O) groups excluding carboxylic acids is 1. The predicted molar refractivity (Wildman–Crippen MR) is 77.4 cm³/mol. The summed E-state index contributed by atoms with van der Waals surface area (Å²) in [6, 6.07) is 6.78. The Morgan fingerprint density at radius 1 is 1.40 bits per heavy atom. The van der Waals surface area contributed by atoms with Gasteiger partial charge >= 0.3 is 5.97 Å². The number of anilines is 1. The fraction of sp³-hybridized carbons (Fsp3) is 0.462. The molecule has 0 amide bonds. The van der Waals surface area contributed by atoms with Gasteiger partial charge in [0.2, 0.25) is 10.0 Å². The zero-order valence-corrected chi connectivity index (χ0v) is 12.5. The van der Waals surface area contributed by atoms with E-state index in [0.29, 0.717) is 17.7 Å². The Hall–Kier alpha value is -1.60. The summed E-state index contributed by atoms with van der Waals surface area (Å²) in [5.74, 6) is -0.445. The van der Waals surface area contributed by atoms with Crippen molar-refractivity contribution < 1.29 is 17.9 Å². The molecule has 0 fully saturated rings. The first-order valence-corrected chi connectivity index (χ1v) is 7.81. The minimum atomic E-state index is -3.41. The second-order valence-corrected chi connectivity index (χ2v) is 6.58. The fourth-order valence-electron chi connectivity index (χ4n) is 1.69. The molecule has 0 unspecified atom stereocenters. The largest absolute Gasteiger partial charge is 0.469 e. The molecule has 0 saturated heterocycles. The molecule has 0 radical (unpaired) electrons. The molecule has 0 spiro atoms. The van der Waals surface area contributed by atoms with Gasteiger partial charge in [0, 0.05) is 25.7 Å². The second-order valence-electron chi connectivity index (χ2n) is 4.50. The number of ether oxygens (including phenoxy) is 1. The van der Waals surface area contributed by atoms with Gasteiger partial charge in [0.25, 0.3) is 0 Å². The predicted octanol–water partition coefficient (Wildman–Crippen LogP) is 0.984. The number of carbonyl (C=O) groups is 1. The van der Waals surface area contributed by atoms with E-state index in [1.54, 1.807) is 24.3 Å². The summed E-state index contributed by atoms with van der Waals surface area (Å²) in [6.07, 6.45) is 0.633. The molecule has 1 rings (SSSR count). The van der Waals surface area contributed by atoms with Crippen LogP contribution in [0.15, 0.2) is 24.3 Å². The zero-order chi connectivity index (χ0) is 15.2. The normalized spacial score (nSPS) is 11.6. The molecule has 0 aliphatic carbocycles. The molecular formula is C13H20N2O4S. The fourth-order valence-corrected chi connectivity index (χ4v) is 2.92. The molecule has 6 nitrogen and oxygen atoms in total. The van der Waals surface area contributed by atoms with Gasteiger partial charge in [-0.25, -0.2) is 12.7 Å². The Morgan fingerprint density at radius 2 is 2.10 bits per heavy atom. The molecule has 0 heterocycles. The minimum absolute atomic E-state index is 0.104. The van der Waals surface area contributed by atoms with E-state index in [2.05, 4.69) is 4.74 Å². The third kappa shape index (κ3) is 5.18. The Bertz CT molecular complexity index is 557. The van der Waals surface area contributed by atoms with Gasteiger partial charge in [-0.2, -0.15) is 0 Å². The Morgan fingerprint density at radius 3 is 2.70 bits per heavy atom. The average Bonchev–Trinajstić information content (AvgIpc) is 2.37. The summed E-state index contributed by atoms with van der Waals surface area (Å²) >= 11 is 0. The smallest absolute Gasteiger partial charge is 0.305 e. The van der Waals surface area contributed by atoms with Gasteiger partial charge in [-0.3, -0.25) is 4.79 Å². The molecule has 7 heteroatoms. The lowest BCUT2D eigenvalue weighted by molar-refractivity contribution is -0.140. The number of benzene rings is 1. The van der Waals surface area contributed by atoms with Crippen LogP contribution in [0.2, 0.25) is 0 Å². The number of hydrogen-bond acceptors (Lipinski definition) is 5. The van der Waals surface area contributed by atoms with Crippen LogP contribution >= 0.6 is 0 Å². The van der Waals surface area contributed by atoms with E-state index >= 15 is 0 Å². The molecule has 0 saturated carbocycles. The van der Waals surface area contributed by atoms with Gasteiger partial charge in [-0.05, 0) is 24.1 Å². The van der Waals surface area contributed by atoms with Crippen molar-refractivity contribution in [3.8, 4) is 0 Å². The number of methoxy groups -OCH3 is 1. The summed E-state index contributed by atoms with van der Waals surface area (Å²) in [5, 5.41) is 0. The van der Waals surface area contributed by atoms with Crippen molar-refractivity contribution in [2.75, 3.05) is 26.4 Å². The van der Waals surface area contributed by atoms with E-state index in [-0.39, 0.29) is 24.7 Å². The SMILES string of the molecule is COC(=O)CCCN(C)S(=O)(=O)Cc1cccc(N)c1. The van der Waals surface area contributed by atoms with Crippen molar-refractivity contribution in [1.82, 2.24) is 4.31 Å². The highest BCUT2D eigenvalue weighted by Crippen LogP contribution is 2.13. The summed E-state index contributed by atoms with van der Waals surface area (Å²) in [6.45, 7) is 0.278. The van der Waals surface area contributed by atoms with Gasteiger partial charge in [-0.15, -0.1) is 0 Å². The molecule has 1 aromatic carbocycles. The lowest BCUT2D eigenvalue weighted by atomic mass is 10.2. The van der Waals surface area contributed by atoms with Crippen molar-refractivity contribution in [3.63, 3.8) is 0 Å². The maximum atomic E-state index is 12.1. The van der Waals surface area contributed by atoms with Crippen molar-refractivity contribution in [2.45, 2.75) is 18.6 Å². The van der Waals surface area contributed by atoms with Crippen molar-refractivity contribution in [2.24, 2.45) is 0 Å². The van der Waals surface area contributed by atoms with Crippen LogP contribution in [0.25, 0.3) is 0 Å². The molecule has 20 heavy (non-hydrogen) atoms. The van der Waals surface area contributed by atoms with Crippen LogP contribution in [0.1, 0.15) is 18.4 Å². The quantitative estimate of drug-likeness (QED) is 0.599. The maximum Gasteiger partial charge on any atom is 0.305 e. The lowest BCUT2D eigenvalue weighted by Crippen LogP contribution is -2.29. The molecule has 0 bridgehead atoms. The molecule has 2 N–H and O–H groups in total. The third-order valence-corrected chi connectivity index (χ3v) is 4.69. The van der Waals surface area contributed by atoms with Gasteiger partial charge in [-0.1, -0.05) is 12.1 Å². The van der Waals surface area contributed by atoms with E-state index in [1.807, 2.05) is 0 Å². The standard InChI is InChI=1S/C13H20N2O4S/c1-15(8-4-7-13(16)19-2)20(17,18)10-11-5-3-6-12(14)9-11/h3,5-6,9H,4,7-8,10,14H2,1-2H3. The molecule has 1 aromatic rings. The lowest BCUT2D eigenvalue weighted by Gasteiger charge is -2.17.